The van der Waals surface area contributed by atoms with E-state index in [0.29, 0.717) is 6.29 Å². The zero-order valence-electron chi connectivity index (χ0n) is 6.41. The summed E-state index contributed by atoms with van der Waals surface area (Å²) in [5, 5.41) is 9.02. The van der Waals surface area contributed by atoms with Crippen LogP contribution < -0.4 is 0 Å². The second kappa shape index (κ2) is 6.16. The highest BCUT2D eigenvalue weighted by molar-refractivity contribution is 7.31. The first kappa shape index (κ1) is 11.6. The van der Waals surface area contributed by atoms with Crippen LogP contribution in [0, 0.1) is 5.92 Å². The molecule has 0 amide bonds. The van der Waals surface area contributed by atoms with E-state index in [4.69, 9.17) is 10.00 Å². The molecule has 0 aromatic carbocycles. The van der Waals surface area contributed by atoms with Gasteiger partial charge in [0.25, 0.3) is 0 Å². The van der Waals surface area contributed by atoms with Crippen LogP contribution in [0.2, 0.25) is 0 Å². The number of carbonyl (C=O) groups excluding carboxylic acids is 1. The van der Waals surface area contributed by atoms with Crippen LogP contribution in [0.3, 0.4) is 0 Å². The Bertz CT molecular complexity index is 160. The average molecular weight is 197 g/mol. The fourth-order valence-corrected chi connectivity index (χ4v) is 0.539. The van der Waals surface area contributed by atoms with Crippen LogP contribution in [0.5, 0.6) is 0 Å². The summed E-state index contributed by atoms with van der Waals surface area (Å²) >= 11 is 0. The molecule has 0 heterocycles. The highest BCUT2D eigenvalue weighted by Gasteiger charge is 2.18. The molecule has 0 rings (SSSR count). The Balaban J connectivity index is 3.49. The Kier molecular flexibility index (Phi) is 5.96. The minimum Gasteiger partial charge on any atom is -0.390 e. The van der Waals surface area contributed by atoms with Crippen molar-refractivity contribution in [1.29, 1.82) is 0 Å². The van der Waals surface area contributed by atoms with Gasteiger partial charge in [0, 0.05) is 10.5 Å². The van der Waals surface area contributed by atoms with Gasteiger partial charge in [0.1, 0.15) is 12.9 Å². The molecule has 12 heavy (non-hydrogen) atoms. The van der Waals surface area contributed by atoms with E-state index in [1.807, 2.05) is 0 Å². The first-order chi connectivity index (χ1) is 5.57. The number of aliphatic hydroxyl groups is 1. The van der Waals surface area contributed by atoms with Crippen LogP contribution in [0.4, 0.5) is 0 Å². The van der Waals surface area contributed by atoms with E-state index in [0.717, 1.165) is 0 Å². The fraction of sp³-hybridized carbons (Fsp3) is 0.800. The molecule has 2 N–H and O–H groups in total. The maximum Gasteiger partial charge on any atom is 0.725 e. The third-order valence-electron chi connectivity index (χ3n) is 1.18. The molecule has 0 radical (unpaired) electrons. The van der Waals surface area contributed by atoms with Gasteiger partial charge in [-0.3, -0.25) is 0 Å². The number of aldehydes is 1. The molecule has 70 valence electrons. The smallest absolute Gasteiger partial charge is 0.390 e. The number of rotatable bonds is 6. The number of carbonyl (C=O) groups is 1. The minimum absolute atomic E-state index is 0.318. The third-order valence-corrected chi connectivity index (χ3v) is 1.41. The maximum absolute atomic E-state index is 10.1. The zero-order chi connectivity index (χ0) is 9.56. The van der Waals surface area contributed by atoms with E-state index in [2.05, 4.69) is 9.56 Å². The van der Waals surface area contributed by atoms with Gasteiger partial charge in [-0.15, -0.1) is 4.89 Å². The lowest BCUT2D eigenvalue weighted by atomic mass is 10.1. The van der Waals surface area contributed by atoms with Gasteiger partial charge >= 0.3 is 8.25 Å². The van der Waals surface area contributed by atoms with Crippen molar-refractivity contribution < 1.29 is 28.9 Å². The van der Waals surface area contributed by atoms with Crippen molar-refractivity contribution >= 4 is 14.5 Å². The van der Waals surface area contributed by atoms with E-state index in [9.17, 15) is 9.36 Å². The summed E-state index contributed by atoms with van der Waals surface area (Å²) in [6, 6.07) is 0. The van der Waals surface area contributed by atoms with Crippen molar-refractivity contribution in [3.05, 3.63) is 0 Å². The molecular formula is C5H10O6P+. The van der Waals surface area contributed by atoms with Gasteiger partial charge < -0.3 is 9.90 Å². The molecule has 0 fully saturated rings. The quantitative estimate of drug-likeness (QED) is 0.264. The normalized spacial score (nSPS) is 16.8. The van der Waals surface area contributed by atoms with Gasteiger partial charge in [0.05, 0.1) is 10.8 Å². The Hall–Kier alpha value is -0.390. The Morgan fingerprint density at radius 1 is 1.67 bits per heavy atom. The van der Waals surface area contributed by atoms with Gasteiger partial charge in [0.2, 0.25) is 0 Å². The zero-order valence-corrected chi connectivity index (χ0v) is 7.31. The molecule has 0 aliphatic rings. The summed E-state index contributed by atoms with van der Waals surface area (Å²) in [6.07, 6.45) is -0.482. The summed E-state index contributed by atoms with van der Waals surface area (Å²) in [5.74, 6) is -0.592. The highest BCUT2D eigenvalue weighted by atomic mass is 31.1. The van der Waals surface area contributed by atoms with E-state index >= 15 is 0 Å². The lowest BCUT2D eigenvalue weighted by Crippen LogP contribution is -2.24. The average Bonchev–Trinajstić information content (AvgIpc) is 2.02. The van der Waals surface area contributed by atoms with Gasteiger partial charge in [-0.05, 0) is 0 Å². The van der Waals surface area contributed by atoms with Crippen LogP contribution in [0.15, 0.2) is 0 Å². The molecule has 0 aromatic heterocycles. The van der Waals surface area contributed by atoms with Crippen LogP contribution in [-0.2, 0) is 18.9 Å². The minimum atomic E-state index is -2.83. The SMILES string of the molecule is CC(C=O)C(O)COO[P+](=O)O. The van der Waals surface area contributed by atoms with Crippen molar-refractivity contribution in [3.8, 4) is 0 Å². The van der Waals surface area contributed by atoms with E-state index in [-0.39, 0.29) is 6.61 Å². The molecular weight excluding hydrogens is 187 g/mol. The van der Waals surface area contributed by atoms with Crippen molar-refractivity contribution in [2.75, 3.05) is 6.61 Å². The van der Waals surface area contributed by atoms with E-state index < -0.39 is 20.3 Å². The molecule has 0 bridgehead atoms. The molecule has 0 spiro atoms. The number of hydrogen-bond acceptors (Lipinski definition) is 5. The summed E-state index contributed by atoms with van der Waals surface area (Å²) in [7, 11) is -2.83. The lowest BCUT2D eigenvalue weighted by molar-refractivity contribution is -0.227. The molecule has 3 atom stereocenters. The Labute approximate surface area is 70.0 Å². The van der Waals surface area contributed by atoms with E-state index in [1.165, 1.54) is 6.92 Å². The molecule has 0 aliphatic carbocycles. The molecule has 0 saturated carbocycles. The molecule has 0 saturated heterocycles. The highest BCUT2D eigenvalue weighted by Crippen LogP contribution is 2.15. The number of hydrogen-bond donors (Lipinski definition) is 2. The molecule has 7 heteroatoms. The maximum atomic E-state index is 10.1. The molecule has 3 unspecified atom stereocenters. The first-order valence-corrected chi connectivity index (χ1v) is 4.30. The predicted octanol–water partition coefficient (Wildman–Crippen LogP) is -0.220. The Morgan fingerprint density at radius 3 is 2.67 bits per heavy atom. The standard InChI is InChI=1S/C5H9O6P/c1-4(2-6)5(7)3-10-11-12(8)9/h2,4-5,7H,3H2,1H3/p+1. The topological polar surface area (TPSA) is 93.1 Å². The summed E-state index contributed by atoms with van der Waals surface area (Å²) in [5.41, 5.74) is 0. The van der Waals surface area contributed by atoms with E-state index in [1.54, 1.807) is 0 Å². The number of aliphatic hydroxyl groups excluding tert-OH is 1. The van der Waals surface area contributed by atoms with Gasteiger partial charge in [-0.2, -0.15) is 4.89 Å². The predicted molar refractivity (Wildman–Crippen MR) is 38.1 cm³/mol. The van der Waals surface area contributed by atoms with Crippen molar-refractivity contribution in [2.45, 2.75) is 13.0 Å². The fourth-order valence-electron chi connectivity index (χ4n) is 0.388. The van der Waals surface area contributed by atoms with Crippen molar-refractivity contribution in [1.82, 2.24) is 0 Å². The summed E-state index contributed by atoms with van der Waals surface area (Å²) in [6.45, 7) is 1.17. The molecule has 0 aliphatic heterocycles. The third kappa shape index (κ3) is 5.29. The van der Waals surface area contributed by atoms with Gasteiger partial charge in [-0.25, -0.2) is 0 Å². The second-order valence-corrected chi connectivity index (χ2v) is 2.78. The van der Waals surface area contributed by atoms with Gasteiger partial charge in [0.15, 0.2) is 0 Å². The summed E-state index contributed by atoms with van der Waals surface area (Å²) < 4.78 is 13.7. The lowest BCUT2D eigenvalue weighted by Gasteiger charge is -2.09. The first-order valence-electron chi connectivity index (χ1n) is 3.17. The van der Waals surface area contributed by atoms with Crippen molar-refractivity contribution in [3.63, 3.8) is 0 Å². The Morgan fingerprint density at radius 2 is 2.25 bits per heavy atom. The monoisotopic (exact) mass is 197 g/mol. The molecule has 0 aromatic rings. The van der Waals surface area contributed by atoms with Crippen LogP contribution in [0.1, 0.15) is 6.92 Å². The second-order valence-electron chi connectivity index (χ2n) is 2.16. The van der Waals surface area contributed by atoms with Gasteiger partial charge in [-0.1, -0.05) is 6.92 Å². The largest absolute Gasteiger partial charge is 0.725 e. The molecule has 6 nitrogen and oxygen atoms in total. The van der Waals surface area contributed by atoms with Crippen molar-refractivity contribution in [2.24, 2.45) is 5.92 Å². The van der Waals surface area contributed by atoms with Crippen LogP contribution in [0.25, 0.3) is 0 Å². The van der Waals surface area contributed by atoms with Crippen LogP contribution in [-0.4, -0.2) is 29.0 Å². The van der Waals surface area contributed by atoms with Crippen LogP contribution >= 0.6 is 8.25 Å². The summed E-state index contributed by atoms with van der Waals surface area (Å²) in [4.78, 5) is 22.3.